The molecular formula is C13H14O3. The van der Waals surface area contributed by atoms with E-state index in [0.29, 0.717) is 0 Å². The summed E-state index contributed by atoms with van der Waals surface area (Å²) in [5.41, 5.74) is 0.985. The third kappa shape index (κ3) is 2.13. The first-order chi connectivity index (χ1) is 7.92. The summed E-state index contributed by atoms with van der Waals surface area (Å²) >= 11 is 0. The lowest BCUT2D eigenvalue weighted by atomic mass is 10.2. The molecule has 0 spiro atoms. The third-order valence-electron chi connectivity index (χ3n) is 2.77. The fourth-order valence-electron chi connectivity index (χ4n) is 1.65. The predicted octanol–water partition coefficient (Wildman–Crippen LogP) is 2.99. The molecule has 1 aliphatic carbocycles. The van der Waals surface area contributed by atoms with Gasteiger partial charge in [0, 0.05) is 5.56 Å². The molecular weight excluding hydrogens is 204 g/mol. The van der Waals surface area contributed by atoms with Crippen molar-refractivity contribution in [2.24, 2.45) is 5.92 Å². The highest BCUT2D eigenvalue weighted by atomic mass is 16.7. The molecule has 1 aliphatic heterocycles. The Morgan fingerprint density at radius 3 is 2.75 bits per heavy atom. The SMILES string of the molecule is C1=COC(c2cccc(OCC3CC3)c2)O1. The Balaban J connectivity index is 1.66. The summed E-state index contributed by atoms with van der Waals surface area (Å²) in [5.74, 6) is 1.66. The molecule has 0 unspecified atom stereocenters. The van der Waals surface area contributed by atoms with Crippen molar-refractivity contribution in [3.05, 3.63) is 42.4 Å². The molecule has 0 atom stereocenters. The molecule has 2 aliphatic rings. The fraction of sp³-hybridized carbons (Fsp3) is 0.385. The highest BCUT2D eigenvalue weighted by Gasteiger charge is 2.22. The highest BCUT2D eigenvalue weighted by molar-refractivity contribution is 5.29. The van der Waals surface area contributed by atoms with Crippen molar-refractivity contribution in [2.45, 2.75) is 19.1 Å². The molecule has 3 heteroatoms. The molecule has 1 saturated carbocycles. The zero-order valence-corrected chi connectivity index (χ0v) is 8.96. The molecule has 1 aromatic rings. The van der Waals surface area contributed by atoms with Gasteiger partial charge in [-0.25, -0.2) is 0 Å². The van der Waals surface area contributed by atoms with E-state index >= 15 is 0 Å². The van der Waals surface area contributed by atoms with Gasteiger partial charge in [0.2, 0.25) is 0 Å². The second kappa shape index (κ2) is 4.08. The van der Waals surface area contributed by atoms with Crippen LogP contribution in [0.1, 0.15) is 24.7 Å². The maximum atomic E-state index is 5.70. The molecule has 1 aromatic carbocycles. The van der Waals surface area contributed by atoms with E-state index in [1.807, 2.05) is 24.3 Å². The van der Waals surface area contributed by atoms with Crippen molar-refractivity contribution in [3.63, 3.8) is 0 Å². The average molecular weight is 218 g/mol. The molecule has 1 heterocycles. The molecule has 0 amide bonds. The summed E-state index contributed by atoms with van der Waals surface area (Å²) in [6, 6.07) is 7.87. The van der Waals surface area contributed by atoms with Crippen LogP contribution in [0.2, 0.25) is 0 Å². The first-order valence-electron chi connectivity index (χ1n) is 5.60. The van der Waals surface area contributed by atoms with Crippen molar-refractivity contribution in [1.29, 1.82) is 0 Å². The molecule has 16 heavy (non-hydrogen) atoms. The smallest absolute Gasteiger partial charge is 0.266 e. The van der Waals surface area contributed by atoms with Crippen LogP contribution in [0.25, 0.3) is 0 Å². The quantitative estimate of drug-likeness (QED) is 0.777. The van der Waals surface area contributed by atoms with Crippen LogP contribution in [0.3, 0.4) is 0 Å². The Labute approximate surface area is 94.6 Å². The van der Waals surface area contributed by atoms with Gasteiger partial charge in [-0.2, -0.15) is 0 Å². The van der Waals surface area contributed by atoms with Gasteiger partial charge in [0.15, 0.2) is 0 Å². The summed E-state index contributed by atoms with van der Waals surface area (Å²) in [4.78, 5) is 0. The van der Waals surface area contributed by atoms with Gasteiger partial charge in [-0.05, 0) is 30.9 Å². The Hall–Kier alpha value is -1.64. The Morgan fingerprint density at radius 1 is 1.19 bits per heavy atom. The van der Waals surface area contributed by atoms with E-state index < -0.39 is 0 Å². The van der Waals surface area contributed by atoms with E-state index in [2.05, 4.69) is 0 Å². The van der Waals surface area contributed by atoms with Crippen LogP contribution in [0.4, 0.5) is 0 Å². The Morgan fingerprint density at radius 2 is 2.00 bits per heavy atom. The minimum Gasteiger partial charge on any atom is -0.493 e. The van der Waals surface area contributed by atoms with E-state index in [4.69, 9.17) is 14.2 Å². The minimum atomic E-state index is -0.315. The molecule has 0 radical (unpaired) electrons. The maximum Gasteiger partial charge on any atom is 0.266 e. The van der Waals surface area contributed by atoms with Crippen LogP contribution in [-0.2, 0) is 9.47 Å². The van der Waals surface area contributed by atoms with Gasteiger partial charge < -0.3 is 14.2 Å². The zero-order valence-electron chi connectivity index (χ0n) is 8.96. The average Bonchev–Trinajstić information content (AvgIpc) is 2.99. The molecule has 3 nitrogen and oxygen atoms in total. The van der Waals surface area contributed by atoms with Crippen molar-refractivity contribution < 1.29 is 14.2 Å². The van der Waals surface area contributed by atoms with Crippen molar-refractivity contribution in [3.8, 4) is 5.75 Å². The normalized spacial score (nSPS) is 19.2. The summed E-state index contributed by atoms with van der Waals surface area (Å²) in [7, 11) is 0. The van der Waals surface area contributed by atoms with Gasteiger partial charge in [0.25, 0.3) is 6.29 Å². The van der Waals surface area contributed by atoms with Crippen LogP contribution in [0.5, 0.6) is 5.75 Å². The molecule has 3 rings (SSSR count). The zero-order chi connectivity index (χ0) is 10.8. The van der Waals surface area contributed by atoms with Gasteiger partial charge >= 0.3 is 0 Å². The molecule has 0 aromatic heterocycles. The third-order valence-corrected chi connectivity index (χ3v) is 2.77. The van der Waals surface area contributed by atoms with E-state index in [1.165, 1.54) is 12.8 Å². The summed E-state index contributed by atoms with van der Waals surface area (Å²) < 4.78 is 16.2. The second-order valence-electron chi connectivity index (χ2n) is 4.20. The first kappa shape index (κ1) is 9.58. The van der Waals surface area contributed by atoms with Crippen LogP contribution in [0.15, 0.2) is 36.8 Å². The Kier molecular flexibility index (Phi) is 2.44. The lowest BCUT2D eigenvalue weighted by Gasteiger charge is -2.12. The van der Waals surface area contributed by atoms with Crippen LogP contribution >= 0.6 is 0 Å². The predicted molar refractivity (Wildman–Crippen MR) is 58.7 cm³/mol. The Bertz CT molecular complexity index is 388. The van der Waals surface area contributed by atoms with Crippen molar-refractivity contribution in [2.75, 3.05) is 6.61 Å². The molecule has 1 fully saturated rings. The standard InChI is InChI=1S/C13H14O3/c1-2-11(13-14-6-7-15-13)8-12(3-1)16-9-10-4-5-10/h1-3,6-8,10,13H,4-5,9H2. The number of rotatable bonds is 4. The number of ether oxygens (including phenoxy) is 3. The monoisotopic (exact) mass is 218 g/mol. The summed E-state index contributed by atoms with van der Waals surface area (Å²) in [6.07, 6.45) is 5.41. The van der Waals surface area contributed by atoms with Gasteiger partial charge in [-0.3, -0.25) is 0 Å². The molecule has 0 N–H and O–H groups in total. The fourth-order valence-corrected chi connectivity index (χ4v) is 1.65. The lowest BCUT2D eigenvalue weighted by Crippen LogP contribution is -2.01. The van der Waals surface area contributed by atoms with E-state index in [-0.39, 0.29) is 6.29 Å². The molecule has 84 valence electrons. The topological polar surface area (TPSA) is 27.7 Å². The number of benzene rings is 1. The summed E-state index contributed by atoms with van der Waals surface area (Å²) in [5, 5.41) is 0. The van der Waals surface area contributed by atoms with Gasteiger partial charge in [-0.1, -0.05) is 12.1 Å². The molecule has 0 bridgehead atoms. The molecule has 0 saturated heterocycles. The lowest BCUT2D eigenvalue weighted by molar-refractivity contribution is -0.0247. The number of hydrogen-bond acceptors (Lipinski definition) is 3. The number of hydrogen-bond donors (Lipinski definition) is 0. The van der Waals surface area contributed by atoms with E-state index in [0.717, 1.165) is 23.8 Å². The van der Waals surface area contributed by atoms with Gasteiger partial charge in [0.1, 0.15) is 18.3 Å². The van der Waals surface area contributed by atoms with Gasteiger partial charge in [-0.15, -0.1) is 0 Å². The second-order valence-corrected chi connectivity index (χ2v) is 4.20. The van der Waals surface area contributed by atoms with Crippen molar-refractivity contribution in [1.82, 2.24) is 0 Å². The van der Waals surface area contributed by atoms with E-state index in [9.17, 15) is 0 Å². The van der Waals surface area contributed by atoms with Gasteiger partial charge in [0.05, 0.1) is 6.61 Å². The minimum absolute atomic E-state index is 0.315. The van der Waals surface area contributed by atoms with Crippen LogP contribution < -0.4 is 4.74 Å². The largest absolute Gasteiger partial charge is 0.493 e. The highest BCUT2D eigenvalue weighted by Crippen LogP contribution is 2.31. The van der Waals surface area contributed by atoms with Crippen LogP contribution in [-0.4, -0.2) is 6.61 Å². The van der Waals surface area contributed by atoms with Crippen molar-refractivity contribution >= 4 is 0 Å². The summed E-state index contributed by atoms with van der Waals surface area (Å²) in [6.45, 7) is 0.827. The maximum absolute atomic E-state index is 5.70. The van der Waals surface area contributed by atoms with Crippen LogP contribution in [0, 0.1) is 5.92 Å². The first-order valence-corrected chi connectivity index (χ1v) is 5.60. The van der Waals surface area contributed by atoms with E-state index in [1.54, 1.807) is 12.5 Å².